The molecule has 0 aliphatic carbocycles. The van der Waals surface area contributed by atoms with Gasteiger partial charge in [0.25, 0.3) is 0 Å². The normalized spacial score (nSPS) is 24.5. The summed E-state index contributed by atoms with van der Waals surface area (Å²) in [6.07, 6.45) is 5.07. The van der Waals surface area contributed by atoms with Crippen molar-refractivity contribution in [2.45, 2.75) is 58.5 Å². The van der Waals surface area contributed by atoms with Gasteiger partial charge in [0.1, 0.15) is 0 Å². The van der Waals surface area contributed by atoms with E-state index in [4.69, 9.17) is 4.74 Å². The minimum Gasteiger partial charge on any atom is -0.375 e. The summed E-state index contributed by atoms with van der Waals surface area (Å²) in [6, 6.07) is 0. The van der Waals surface area contributed by atoms with Gasteiger partial charge in [-0.25, -0.2) is 0 Å². The third-order valence-corrected chi connectivity index (χ3v) is 5.00. The Hall–Kier alpha value is -1.10. The van der Waals surface area contributed by atoms with Crippen LogP contribution in [0.25, 0.3) is 0 Å². The molecule has 0 bridgehead atoms. The van der Waals surface area contributed by atoms with Gasteiger partial charge in [-0.1, -0.05) is 13.8 Å². The van der Waals surface area contributed by atoms with Crippen LogP contribution in [-0.2, 0) is 14.3 Å². The van der Waals surface area contributed by atoms with Crippen molar-refractivity contribution in [1.29, 1.82) is 0 Å². The van der Waals surface area contributed by atoms with Gasteiger partial charge in [-0.3, -0.25) is 9.59 Å². The van der Waals surface area contributed by atoms with Crippen LogP contribution in [0.1, 0.15) is 52.9 Å². The summed E-state index contributed by atoms with van der Waals surface area (Å²) >= 11 is 0. The van der Waals surface area contributed by atoms with Crippen molar-refractivity contribution in [3.8, 4) is 0 Å². The molecule has 2 rings (SSSR count). The Balaban J connectivity index is 1.82. The zero-order valence-corrected chi connectivity index (χ0v) is 14.2. The lowest BCUT2D eigenvalue weighted by molar-refractivity contribution is -0.149. The van der Waals surface area contributed by atoms with Crippen LogP contribution in [-0.4, -0.2) is 48.6 Å². The van der Waals surface area contributed by atoms with E-state index in [1.54, 1.807) is 6.92 Å². The van der Waals surface area contributed by atoms with Crippen LogP contribution in [0.15, 0.2) is 0 Å². The van der Waals surface area contributed by atoms with Crippen molar-refractivity contribution in [1.82, 2.24) is 10.2 Å². The summed E-state index contributed by atoms with van der Waals surface area (Å²) in [5.74, 6) is 0.995. The van der Waals surface area contributed by atoms with Crippen molar-refractivity contribution < 1.29 is 14.3 Å². The van der Waals surface area contributed by atoms with Gasteiger partial charge >= 0.3 is 0 Å². The van der Waals surface area contributed by atoms with E-state index < -0.39 is 0 Å². The van der Waals surface area contributed by atoms with Crippen LogP contribution in [0.3, 0.4) is 0 Å². The van der Waals surface area contributed by atoms with Gasteiger partial charge in [0.05, 0.1) is 5.60 Å². The molecular formula is C17H30N2O3. The van der Waals surface area contributed by atoms with E-state index in [0.29, 0.717) is 5.92 Å². The molecule has 2 fully saturated rings. The van der Waals surface area contributed by atoms with Crippen LogP contribution in [0.5, 0.6) is 0 Å². The standard InChI is InChI=1S/C17H30N2O3/c1-13(2)16(21)19-9-6-17(7-10-19)12-15(5-11-22-17)4-8-18-14(3)20/h13,15H,4-12H2,1-3H3,(H,18,20). The SMILES string of the molecule is CC(=O)NCCC1CCOC2(CCN(C(=O)C(C)C)CC2)C1. The third kappa shape index (κ3) is 4.45. The molecule has 2 heterocycles. The van der Waals surface area contributed by atoms with E-state index in [1.807, 2.05) is 18.7 Å². The van der Waals surface area contributed by atoms with Crippen LogP contribution >= 0.6 is 0 Å². The third-order valence-electron chi connectivity index (χ3n) is 5.00. The molecule has 0 aromatic heterocycles. The van der Waals surface area contributed by atoms with Gasteiger partial charge in [0.15, 0.2) is 0 Å². The fourth-order valence-corrected chi connectivity index (χ4v) is 3.68. The Morgan fingerprint density at radius 2 is 2.00 bits per heavy atom. The molecular weight excluding hydrogens is 280 g/mol. The van der Waals surface area contributed by atoms with Crippen LogP contribution in [0.2, 0.25) is 0 Å². The topological polar surface area (TPSA) is 58.6 Å². The number of hydrogen-bond acceptors (Lipinski definition) is 3. The maximum Gasteiger partial charge on any atom is 0.225 e. The van der Waals surface area contributed by atoms with Crippen molar-refractivity contribution in [2.75, 3.05) is 26.2 Å². The number of amides is 2. The highest BCUT2D eigenvalue weighted by molar-refractivity contribution is 5.78. The van der Waals surface area contributed by atoms with Gasteiger partial charge in [0, 0.05) is 39.1 Å². The van der Waals surface area contributed by atoms with Gasteiger partial charge in [-0.05, 0) is 38.0 Å². The molecule has 126 valence electrons. The highest BCUT2D eigenvalue weighted by atomic mass is 16.5. The lowest BCUT2D eigenvalue weighted by Crippen LogP contribution is -2.51. The number of hydrogen-bond donors (Lipinski definition) is 1. The summed E-state index contributed by atoms with van der Waals surface area (Å²) in [7, 11) is 0. The zero-order valence-electron chi connectivity index (χ0n) is 14.2. The Kier molecular flexibility index (Phi) is 5.84. The zero-order chi connectivity index (χ0) is 16.2. The molecule has 5 nitrogen and oxygen atoms in total. The van der Waals surface area contributed by atoms with Crippen molar-refractivity contribution >= 4 is 11.8 Å². The smallest absolute Gasteiger partial charge is 0.225 e. The largest absolute Gasteiger partial charge is 0.375 e. The van der Waals surface area contributed by atoms with E-state index in [0.717, 1.165) is 58.3 Å². The summed E-state index contributed by atoms with van der Waals surface area (Å²) < 4.78 is 6.13. The maximum absolute atomic E-state index is 12.1. The van der Waals surface area contributed by atoms with Crippen molar-refractivity contribution in [3.63, 3.8) is 0 Å². The highest BCUT2D eigenvalue weighted by Crippen LogP contribution is 2.38. The number of piperidine rings is 1. The van der Waals surface area contributed by atoms with Crippen LogP contribution in [0, 0.1) is 11.8 Å². The Morgan fingerprint density at radius 3 is 2.59 bits per heavy atom. The summed E-state index contributed by atoms with van der Waals surface area (Å²) in [5.41, 5.74) is -0.0348. The molecule has 2 amide bonds. The maximum atomic E-state index is 12.1. The summed E-state index contributed by atoms with van der Waals surface area (Å²) in [6.45, 7) is 8.68. The van der Waals surface area contributed by atoms with Gasteiger partial charge in [-0.15, -0.1) is 0 Å². The van der Waals surface area contributed by atoms with Crippen molar-refractivity contribution in [2.24, 2.45) is 11.8 Å². The number of carbonyl (C=O) groups excluding carboxylic acids is 2. The Labute approximate surface area is 133 Å². The second-order valence-electron chi connectivity index (χ2n) is 7.14. The highest BCUT2D eigenvalue weighted by Gasteiger charge is 2.41. The molecule has 0 aromatic rings. The number of likely N-dealkylation sites (tertiary alicyclic amines) is 1. The number of ether oxygens (including phenoxy) is 1. The Bertz CT molecular complexity index is 401. The molecule has 0 aromatic carbocycles. The molecule has 0 radical (unpaired) electrons. The molecule has 1 unspecified atom stereocenters. The molecule has 2 aliphatic rings. The minimum absolute atomic E-state index is 0.0348. The molecule has 2 aliphatic heterocycles. The number of carbonyl (C=O) groups is 2. The average molecular weight is 310 g/mol. The summed E-state index contributed by atoms with van der Waals surface area (Å²) in [4.78, 5) is 25.0. The van der Waals surface area contributed by atoms with E-state index in [9.17, 15) is 9.59 Å². The quantitative estimate of drug-likeness (QED) is 0.863. The first-order chi connectivity index (χ1) is 10.4. The number of rotatable bonds is 4. The molecule has 1 N–H and O–H groups in total. The van der Waals surface area contributed by atoms with Gasteiger partial charge in [-0.2, -0.15) is 0 Å². The fraction of sp³-hybridized carbons (Fsp3) is 0.882. The predicted molar refractivity (Wildman–Crippen MR) is 85.4 cm³/mol. The second-order valence-corrected chi connectivity index (χ2v) is 7.14. The van der Waals surface area contributed by atoms with Gasteiger partial charge < -0.3 is 15.0 Å². The van der Waals surface area contributed by atoms with Gasteiger partial charge in [0.2, 0.25) is 11.8 Å². The molecule has 1 spiro atoms. The van der Waals surface area contributed by atoms with Crippen LogP contribution < -0.4 is 5.32 Å². The van der Waals surface area contributed by atoms with E-state index in [1.165, 1.54) is 0 Å². The molecule has 5 heteroatoms. The molecule has 1 atom stereocenters. The molecule has 22 heavy (non-hydrogen) atoms. The molecule has 0 saturated carbocycles. The molecule has 2 saturated heterocycles. The monoisotopic (exact) mass is 310 g/mol. The lowest BCUT2D eigenvalue weighted by Gasteiger charge is -2.46. The number of nitrogens with one attached hydrogen (secondary N) is 1. The number of nitrogens with zero attached hydrogens (tertiary/aromatic N) is 1. The Morgan fingerprint density at radius 1 is 1.32 bits per heavy atom. The first-order valence-corrected chi connectivity index (χ1v) is 8.59. The fourth-order valence-electron chi connectivity index (χ4n) is 3.68. The van der Waals surface area contributed by atoms with Crippen LogP contribution in [0.4, 0.5) is 0 Å². The van der Waals surface area contributed by atoms with E-state index >= 15 is 0 Å². The first kappa shape index (κ1) is 17.3. The first-order valence-electron chi connectivity index (χ1n) is 8.59. The summed E-state index contributed by atoms with van der Waals surface area (Å²) in [5, 5.41) is 2.89. The second kappa shape index (κ2) is 7.44. The average Bonchev–Trinajstić information content (AvgIpc) is 2.47. The van der Waals surface area contributed by atoms with E-state index in [-0.39, 0.29) is 23.3 Å². The minimum atomic E-state index is -0.0348. The van der Waals surface area contributed by atoms with E-state index in [2.05, 4.69) is 5.32 Å². The lowest BCUT2D eigenvalue weighted by atomic mass is 9.78. The predicted octanol–water partition coefficient (Wildman–Crippen LogP) is 1.96. The van der Waals surface area contributed by atoms with Crippen molar-refractivity contribution in [3.05, 3.63) is 0 Å².